The second-order valence-corrected chi connectivity index (χ2v) is 5.52. The molecule has 1 nitrogen and oxygen atoms in total. The molecule has 104 valence electrons. The van der Waals surface area contributed by atoms with Gasteiger partial charge in [0, 0.05) is 12.0 Å². The Hall–Kier alpha value is -1.89. The first-order valence-electron chi connectivity index (χ1n) is 7.23. The molecule has 0 heterocycles. The minimum absolute atomic E-state index is 0.244. The molecule has 0 amide bonds. The van der Waals surface area contributed by atoms with Gasteiger partial charge in [0.1, 0.15) is 0 Å². The van der Waals surface area contributed by atoms with Crippen LogP contribution in [0.15, 0.2) is 42.5 Å². The summed E-state index contributed by atoms with van der Waals surface area (Å²) in [6.45, 7) is 6.45. The van der Waals surface area contributed by atoms with E-state index in [-0.39, 0.29) is 5.78 Å². The smallest absolute Gasteiger partial charge is 0.162 e. The lowest BCUT2D eigenvalue weighted by Crippen LogP contribution is -2.01. The van der Waals surface area contributed by atoms with Crippen molar-refractivity contribution in [3.8, 4) is 0 Å². The molecule has 0 N–H and O–H groups in total. The number of carbonyl (C=O) groups excluding carboxylic acids is 1. The first kappa shape index (κ1) is 14.5. The van der Waals surface area contributed by atoms with Crippen molar-refractivity contribution in [3.63, 3.8) is 0 Å². The molecule has 0 aliphatic heterocycles. The van der Waals surface area contributed by atoms with Crippen LogP contribution in [0.3, 0.4) is 0 Å². The molecule has 20 heavy (non-hydrogen) atoms. The largest absolute Gasteiger partial charge is 0.294 e. The summed E-state index contributed by atoms with van der Waals surface area (Å²) in [7, 11) is 0. The fraction of sp³-hybridized carbons (Fsp3) is 0.316. The van der Waals surface area contributed by atoms with Gasteiger partial charge in [-0.25, -0.2) is 0 Å². The molecule has 0 radical (unpaired) electrons. The SMILES string of the molecule is Cc1cc(C)c(CCCC(=O)c2ccccc2)c(C)c1. The van der Waals surface area contributed by atoms with Gasteiger partial charge in [-0.1, -0.05) is 48.0 Å². The van der Waals surface area contributed by atoms with E-state index in [1.165, 1.54) is 22.3 Å². The standard InChI is InChI=1S/C19H22O/c1-14-12-15(2)18(16(3)13-14)10-7-11-19(20)17-8-5-4-6-9-17/h4-6,8-9,12-13H,7,10-11H2,1-3H3. The lowest BCUT2D eigenvalue weighted by atomic mass is 9.94. The van der Waals surface area contributed by atoms with Crippen LogP contribution in [-0.2, 0) is 6.42 Å². The van der Waals surface area contributed by atoms with Crippen molar-refractivity contribution in [2.75, 3.05) is 0 Å². The van der Waals surface area contributed by atoms with E-state index in [4.69, 9.17) is 0 Å². The van der Waals surface area contributed by atoms with Crippen LogP contribution in [0, 0.1) is 20.8 Å². The number of hydrogen-bond acceptors (Lipinski definition) is 1. The van der Waals surface area contributed by atoms with Gasteiger partial charge >= 0.3 is 0 Å². The van der Waals surface area contributed by atoms with Crippen LogP contribution < -0.4 is 0 Å². The van der Waals surface area contributed by atoms with Crippen LogP contribution in [0.2, 0.25) is 0 Å². The lowest BCUT2D eigenvalue weighted by Gasteiger charge is -2.11. The van der Waals surface area contributed by atoms with Gasteiger partial charge in [-0.05, 0) is 50.3 Å². The topological polar surface area (TPSA) is 17.1 Å². The van der Waals surface area contributed by atoms with Crippen molar-refractivity contribution < 1.29 is 4.79 Å². The van der Waals surface area contributed by atoms with Gasteiger partial charge in [-0.2, -0.15) is 0 Å². The maximum atomic E-state index is 12.1. The average molecular weight is 266 g/mol. The third-order valence-corrected chi connectivity index (χ3v) is 3.77. The Bertz CT molecular complexity index is 573. The van der Waals surface area contributed by atoms with Crippen molar-refractivity contribution in [3.05, 3.63) is 70.3 Å². The van der Waals surface area contributed by atoms with Gasteiger partial charge in [-0.3, -0.25) is 4.79 Å². The summed E-state index contributed by atoms with van der Waals surface area (Å²) in [6, 6.07) is 14.0. The van der Waals surface area contributed by atoms with Gasteiger partial charge in [0.15, 0.2) is 5.78 Å². The number of Topliss-reactive ketones (excluding diaryl/α,β-unsaturated/α-hetero) is 1. The first-order chi connectivity index (χ1) is 9.58. The normalized spacial score (nSPS) is 10.6. The number of carbonyl (C=O) groups is 1. The Morgan fingerprint density at radius 2 is 1.55 bits per heavy atom. The minimum atomic E-state index is 0.244. The van der Waals surface area contributed by atoms with Crippen molar-refractivity contribution in [2.45, 2.75) is 40.0 Å². The van der Waals surface area contributed by atoms with E-state index in [1.54, 1.807) is 0 Å². The molecular weight excluding hydrogens is 244 g/mol. The van der Waals surface area contributed by atoms with E-state index in [1.807, 2.05) is 30.3 Å². The Kier molecular flexibility index (Phi) is 4.73. The fourth-order valence-electron chi connectivity index (χ4n) is 2.80. The van der Waals surface area contributed by atoms with Crippen LogP contribution in [0.5, 0.6) is 0 Å². The molecule has 0 saturated carbocycles. The summed E-state index contributed by atoms with van der Waals surface area (Å²) in [4.78, 5) is 12.1. The van der Waals surface area contributed by atoms with E-state index in [9.17, 15) is 4.79 Å². The molecule has 1 heteroatoms. The minimum Gasteiger partial charge on any atom is -0.294 e. The van der Waals surface area contributed by atoms with Crippen LogP contribution in [0.1, 0.15) is 45.5 Å². The molecular formula is C19H22O. The van der Waals surface area contributed by atoms with E-state index >= 15 is 0 Å². The van der Waals surface area contributed by atoms with Crippen LogP contribution in [0.4, 0.5) is 0 Å². The summed E-state index contributed by atoms with van der Waals surface area (Å²) < 4.78 is 0. The Labute approximate surface area is 121 Å². The molecule has 0 aliphatic rings. The summed E-state index contributed by atoms with van der Waals surface area (Å²) in [5.41, 5.74) is 6.22. The van der Waals surface area contributed by atoms with E-state index in [0.717, 1.165) is 18.4 Å². The lowest BCUT2D eigenvalue weighted by molar-refractivity contribution is 0.0980. The zero-order valence-electron chi connectivity index (χ0n) is 12.6. The quantitative estimate of drug-likeness (QED) is 0.709. The highest BCUT2D eigenvalue weighted by molar-refractivity contribution is 5.95. The first-order valence-corrected chi connectivity index (χ1v) is 7.23. The van der Waals surface area contributed by atoms with Gasteiger partial charge in [0.05, 0.1) is 0 Å². The second kappa shape index (κ2) is 6.51. The number of ketones is 1. The molecule has 2 aromatic rings. The summed E-state index contributed by atoms with van der Waals surface area (Å²) in [5.74, 6) is 0.244. The number of benzene rings is 2. The van der Waals surface area contributed by atoms with Crippen molar-refractivity contribution in [2.24, 2.45) is 0 Å². The van der Waals surface area contributed by atoms with Gasteiger partial charge in [0.25, 0.3) is 0 Å². The maximum Gasteiger partial charge on any atom is 0.162 e. The molecule has 0 spiro atoms. The molecule has 2 aromatic carbocycles. The van der Waals surface area contributed by atoms with E-state index < -0.39 is 0 Å². The highest BCUT2D eigenvalue weighted by atomic mass is 16.1. The fourth-order valence-corrected chi connectivity index (χ4v) is 2.80. The number of rotatable bonds is 5. The van der Waals surface area contributed by atoms with Crippen LogP contribution in [0.25, 0.3) is 0 Å². The summed E-state index contributed by atoms with van der Waals surface area (Å²) in [5, 5.41) is 0. The summed E-state index contributed by atoms with van der Waals surface area (Å²) >= 11 is 0. The van der Waals surface area contributed by atoms with Gasteiger partial charge < -0.3 is 0 Å². The molecule has 0 aliphatic carbocycles. The third-order valence-electron chi connectivity index (χ3n) is 3.77. The van der Waals surface area contributed by atoms with Crippen LogP contribution >= 0.6 is 0 Å². The summed E-state index contributed by atoms with van der Waals surface area (Å²) in [6.07, 6.45) is 2.52. The number of aryl methyl sites for hydroxylation is 3. The predicted octanol–water partition coefficient (Wildman–Crippen LogP) is 4.82. The predicted molar refractivity (Wildman–Crippen MR) is 84.4 cm³/mol. The van der Waals surface area contributed by atoms with Crippen molar-refractivity contribution >= 4 is 5.78 Å². The zero-order valence-corrected chi connectivity index (χ0v) is 12.6. The monoisotopic (exact) mass is 266 g/mol. The average Bonchev–Trinajstić information content (AvgIpc) is 2.42. The Morgan fingerprint density at radius 1 is 0.950 bits per heavy atom. The van der Waals surface area contributed by atoms with Gasteiger partial charge in [-0.15, -0.1) is 0 Å². The second-order valence-electron chi connectivity index (χ2n) is 5.52. The van der Waals surface area contributed by atoms with Crippen molar-refractivity contribution in [1.82, 2.24) is 0 Å². The van der Waals surface area contributed by atoms with E-state index in [0.29, 0.717) is 6.42 Å². The van der Waals surface area contributed by atoms with Gasteiger partial charge in [0.2, 0.25) is 0 Å². The molecule has 0 fully saturated rings. The Morgan fingerprint density at radius 3 is 2.15 bits per heavy atom. The van der Waals surface area contributed by atoms with Crippen LogP contribution in [-0.4, -0.2) is 5.78 Å². The molecule has 0 aromatic heterocycles. The van der Waals surface area contributed by atoms with Crippen molar-refractivity contribution in [1.29, 1.82) is 0 Å². The number of hydrogen-bond donors (Lipinski definition) is 0. The highest BCUT2D eigenvalue weighted by Crippen LogP contribution is 2.19. The molecule has 0 unspecified atom stereocenters. The maximum absolute atomic E-state index is 12.1. The third kappa shape index (κ3) is 3.57. The molecule has 0 saturated heterocycles. The molecule has 2 rings (SSSR count). The molecule has 0 bridgehead atoms. The highest BCUT2D eigenvalue weighted by Gasteiger charge is 2.07. The Balaban J connectivity index is 1.95. The zero-order chi connectivity index (χ0) is 14.5. The van der Waals surface area contributed by atoms with E-state index in [2.05, 4.69) is 32.9 Å². The molecule has 0 atom stereocenters.